The highest BCUT2D eigenvalue weighted by molar-refractivity contribution is 7.93. The number of amides is 2. The van der Waals surface area contributed by atoms with Crippen LogP contribution in [0.5, 0.6) is 5.75 Å². The normalized spacial score (nSPS) is 16.1. The maximum Gasteiger partial charge on any atom is 0.410 e. The molecule has 1 N–H and O–H groups in total. The van der Waals surface area contributed by atoms with Crippen molar-refractivity contribution >= 4 is 27.9 Å². The summed E-state index contributed by atoms with van der Waals surface area (Å²) >= 11 is 0. The lowest BCUT2D eigenvalue weighted by atomic mass is 10.1. The number of benzene rings is 2. The molecule has 12 nitrogen and oxygen atoms in total. The maximum absolute atomic E-state index is 13.7. The third-order valence-corrected chi connectivity index (χ3v) is 10.4. The summed E-state index contributed by atoms with van der Waals surface area (Å²) in [5.74, 6) is 0.683. The molecular weight excluding hydrogens is 634 g/mol. The van der Waals surface area contributed by atoms with E-state index in [4.69, 9.17) is 14.2 Å². The number of hydrogen-bond acceptors (Lipinski definition) is 9. The Hall–Kier alpha value is -4.36. The molecule has 1 aromatic heterocycles. The molecule has 2 heterocycles. The lowest BCUT2D eigenvalue weighted by molar-refractivity contribution is 0.0469. The van der Waals surface area contributed by atoms with Gasteiger partial charge in [-0.15, -0.1) is 0 Å². The zero-order valence-electron chi connectivity index (χ0n) is 28.0. The predicted octanol–water partition coefficient (Wildman–Crippen LogP) is 5.11. The van der Waals surface area contributed by atoms with E-state index in [9.17, 15) is 18.0 Å². The number of hydrogen-bond donors (Lipinski definition) is 1. The Morgan fingerprint density at radius 2 is 1.67 bits per heavy atom. The number of carbonyl (C=O) groups excluding carboxylic acids is 2. The second kappa shape index (κ2) is 15.2. The van der Waals surface area contributed by atoms with Crippen LogP contribution in [-0.2, 0) is 32.6 Å². The van der Waals surface area contributed by atoms with Crippen LogP contribution in [0.15, 0.2) is 72.9 Å². The monoisotopic (exact) mass is 679 g/mol. The van der Waals surface area contributed by atoms with Gasteiger partial charge in [0, 0.05) is 38.9 Å². The van der Waals surface area contributed by atoms with Crippen LogP contribution in [0, 0.1) is 0 Å². The Morgan fingerprint density at radius 1 is 0.979 bits per heavy atom. The predicted molar refractivity (Wildman–Crippen MR) is 182 cm³/mol. The fraction of sp³-hybridized carbons (Fsp3) is 0.457. The summed E-state index contributed by atoms with van der Waals surface area (Å²) in [7, 11) is -2.06. The van der Waals surface area contributed by atoms with Gasteiger partial charge in [0.25, 0.3) is 0 Å². The largest absolute Gasteiger partial charge is 0.497 e. The molecular formula is C35H45N5O7S. The van der Waals surface area contributed by atoms with Crippen molar-refractivity contribution in [3.05, 3.63) is 89.7 Å². The van der Waals surface area contributed by atoms with E-state index in [1.165, 1.54) is 4.31 Å². The van der Waals surface area contributed by atoms with Crippen molar-refractivity contribution in [3.8, 4) is 5.75 Å². The summed E-state index contributed by atoms with van der Waals surface area (Å²) in [5.41, 5.74) is 1.96. The summed E-state index contributed by atoms with van der Waals surface area (Å²) in [6, 6.07) is 19.6. The second-order valence-corrected chi connectivity index (χ2v) is 15.2. The molecule has 1 aliphatic heterocycles. The van der Waals surface area contributed by atoms with Crippen molar-refractivity contribution in [2.24, 2.45) is 0 Å². The van der Waals surface area contributed by atoms with Crippen molar-refractivity contribution in [2.75, 3.05) is 44.1 Å². The Bertz CT molecular complexity index is 1640. The van der Waals surface area contributed by atoms with Gasteiger partial charge in [-0.25, -0.2) is 18.0 Å². The average Bonchev–Trinajstić information content (AvgIpc) is 3.93. The number of rotatable bonds is 12. The fourth-order valence-corrected chi connectivity index (χ4v) is 7.23. The topological polar surface area (TPSA) is 131 Å². The van der Waals surface area contributed by atoms with Gasteiger partial charge >= 0.3 is 12.2 Å². The third-order valence-electron chi connectivity index (χ3n) is 8.12. The number of methoxy groups -OCH3 is 1. The van der Waals surface area contributed by atoms with Gasteiger partial charge in [0.1, 0.15) is 18.0 Å². The van der Waals surface area contributed by atoms with Gasteiger partial charge in [-0.05, 0) is 69.0 Å². The Morgan fingerprint density at radius 3 is 2.29 bits per heavy atom. The lowest BCUT2D eigenvalue weighted by Crippen LogP contribution is -2.51. The summed E-state index contributed by atoms with van der Waals surface area (Å²) in [6.45, 7) is 8.08. The van der Waals surface area contributed by atoms with Crippen LogP contribution < -0.4 is 14.4 Å². The number of pyridine rings is 1. The van der Waals surface area contributed by atoms with Gasteiger partial charge < -0.3 is 24.4 Å². The van der Waals surface area contributed by atoms with E-state index in [0.717, 1.165) is 11.1 Å². The SMILES string of the molecule is COc1ccc(CN(c2ccnc(C(CN3CCN(C(=O)OCc4ccccc4)CC3)NC(=O)OC(C)(C)C)c2)S(=O)(=O)C2CC2)cc1. The zero-order chi connectivity index (χ0) is 34.3. The zero-order valence-corrected chi connectivity index (χ0v) is 28.8. The van der Waals surface area contributed by atoms with E-state index in [-0.39, 0.29) is 19.2 Å². The fourth-order valence-electron chi connectivity index (χ4n) is 5.40. The molecule has 2 amide bonds. The van der Waals surface area contributed by atoms with E-state index in [1.807, 2.05) is 42.5 Å². The molecule has 0 spiro atoms. The molecule has 1 saturated heterocycles. The van der Waals surface area contributed by atoms with E-state index >= 15 is 0 Å². The molecule has 258 valence electrons. The van der Waals surface area contributed by atoms with Gasteiger partial charge in [-0.1, -0.05) is 42.5 Å². The van der Waals surface area contributed by atoms with E-state index < -0.39 is 33.0 Å². The van der Waals surface area contributed by atoms with Gasteiger partial charge in [-0.3, -0.25) is 14.2 Å². The van der Waals surface area contributed by atoms with Crippen LogP contribution in [0.2, 0.25) is 0 Å². The number of sulfonamides is 1. The van der Waals surface area contributed by atoms with Crippen LogP contribution in [0.3, 0.4) is 0 Å². The van der Waals surface area contributed by atoms with Crippen molar-refractivity contribution < 1.29 is 32.2 Å². The molecule has 13 heteroatoms. The van der Waals surface area contributed by atoms with E-state index in [2.05, 4.69) is 15.2 Å². The van der Waals surface area contributed by atoms with Crippen LogP contribution in [-0.4, -0.2) is 86.1 Å². The molecule has 1 aliphatic carbocycles. The maximum atomic E-state index is 13.7. The highest BCUT2D eigenvalue weighted by Crippen LogP contribution is 2.35. The molecule has 0 bridgehead atoms. The van der Waals surface area contributed by atoms with Crippen molar-refractivity contribution in [1.29, 1.82) is 0 Å². The average molecular weight is 680 g/mol. The van der Waals surface area contributed by atoms with Gasteiger partial charge in [0.15, 0.2) is 0 Å². The number of aromatic nitrogens is 1. The first-order chi connectivity index (χ1) is 22.9. The number of alkyl carbamates (subject to hydrolysis) is 1. The number of carbonyl (C=O) groups is 2. The molecule has 5 rings (SSSR count). The van der Waals surface area contributed by atoms with E-state index in [0.29, 0.717) is 62.7 Å². The number of anilines is 1. The number of piperazine rings is 1. The van der Waals surface area contributed by atoms with Crippen LogP contribution in [0.1, 0.15) is 56.5 Å². The first-order valence-corrected chi connectivity index (χ1v) is 17.7. The Balaban J connectivity index is 1.32. The molecule has 1 saturated carbocycles. The molecule has 2 aliphatic rings. The number of ether oxygens (including phenoxy) is 3. The molecule has 1 atom stereocenters. The Labute approximate surface area is 283 Å². The van der Waals surface area contributed by atoms with Crippen molar-refractivity contribution in [3.63, 3.8) is 0 Å². The van der Waals surface area contributed by atoms with Gasteiger partial charge in [0.05, 0.1) is 36.3 Å². The molecule has 0 radical (unpaired) electrons. The summed E-state index contributed by atoms with van der Waals surface area (Å²) in [6.07, 6.45) is 1.83. The number of nitrogens with one attached hydrogen (secondary N) is 1. The minimum absolute atomic E-state index is 0.138. The minimum atomic E-state index is -3.65. The van der Waals surface area contributed by atoms with Crippen LogP contribution in [0.4, 0.5) is 15.3 Å². The smallest absolute Gasteiger partial charge is 0.410 e. The molecule has 3 aromatic rings. The Kier molecular flexibility index (Phi) is 11.1. The second-order valence-electron chi connectivity index (χ2n) is 13.1. The molecule has 1 unspecified atom stereocenters. The highest BCUT2D eigenvalue weighted by Gasteiger charge is 2.40. The first-order valence-electron chi connectivity index (χ1n) is 16.2. The quantitative estimate of drug-likeness (QED) is 0.278. The van der Waals surface area contributed by atoms with Crippen LogP contribution in [0.25, 0.3) is 0 Å². The molecule has 2 aromatic carbocycles. The van der Waals surface area contributed by atoms with Crippen molar-refractivity contribution in [1.82, 2.24) is 20.1 Å². The molecule has 48 heavy (non-hydrogen) atoms. The third kappa shape index (κ3) is 9.60. The van der Waals surface area contributed by atoms with Crippen molar-refractivity contribution in [2.45, 2.75) is 63.7 Å². The highest BCUT2D eigenvalue weighted by atomic mass is 32.2. The first kappa shape index (κ1) is 35.0. The summed E-state index contributed by atoms with van der Waals surface area (Å²) in [4.78, 5) is 34.2. The summed E-state index contributed by atoms with van der Waals surface area (Å²) < 4.78 is 45.2. The van der Waals surface area contributed by atoms with Gasteiger partial charge in [0.2, 0.25) is 10.0 Å². The molecule has 2 fully saturated rings. The number of nitrogens with zero attached hydrogens (tertiary/aromatic N) is 4. The standard InChI is InChI=1S/C35H45N5O7S/c1-35(2,3)47-33(41)37-32(24-38-18-20-39(21-19-38)34(42)46-25-27-8-6-5-7-9-27)31-22-28(16-17-36-31)40(48(43,44)30-14-15-30)23-26-10-12-29(45-4)13-11-26/h5-13,16-17,22,30,32H,14-15,18-21,23-25H2,1-4H3,(H,37,41). The van der Waals surface area contributed by atoms with Gasteiger partial charge in [-0.2, -0.15) is 0 Å². The lowest BCUT2D eigenvalue weighted by Gasteiger charge is -2.36. The summed E-state index contributed by atoms with van der Waals surface area (Å²) in [5, 5.41) is 2.53. The minimum Gasteiger partial charge on any atom is -0.497 e. The van der Waals surface area contributed by atoms with E-state index in [1.54, 1.807) is 63.2 Å². The van der Waals surface area contributed by atoms with Crippen LogP contribution >= 0.6 is 0 Å².